The third-order valence-electron chi connectivity index (χ3n) is 2.01. The molecule has 0 saturated carbocycles. The van der Waals surface area contributed by atoms with Gasteiger partial charge in [0.1, 0.15) is 0 Å². The number of aryl methyl sites for hydroxylation is 1. The van der Waals surface area contributed by atoms with Crippen LogP contribution in [0.25, 0.3) is 0 Å². The molecule has 0 atom stereocenters. The van der Waals surface area contributed by atoms with E-state index in [9.17, 15) is 0 Å². The summed E-state index contributed by atoms with van der Waals surface area (Å²) >= 11 is 0. The molecule has 78 valence electrons. The van der Waals surface area contributed by atoms with E-state index in [0.717, 1.165) is 25.3 Å². The summed E-state index contributed by atoms with van der Waals surface area (Å²) in [5.41, 5.74) is 2.32. The van der Waals surface area contributed by atoms with Crippen LogP contribution in [0.15, 0.2) is 18.3 Å². The van der Waals surface area contributed by atoms with E-state index in [0.29, 0.717) is 0 Å². The van der Waals surface area contributed by atoms with E-state index in [1.165, 1.54) is 5.56 Å². The van der Waals surface area contributed by atoms with Crippen LogP contribution in [0.5, 0.6) is 0 Å². The Morgan fingerprint density at radius 2 is 2.14 bits per heavy atom. The highest BCUT2D eigenvalue weighted by atomic mass is 15.1. The summed E-state index contributed by atoms with van der Waals surface area (Å²) < 4.78 is 0. The normalized spacial score (nSPS) is 10.9. The Bertz CT molecular complexity index is 254. The fourth-order valence-corrected chi connectivity index (χ4v) is 1.12. The van der Waals surface area contributed by atoms with Crippen molar-refractivity contribution in [3.05, 3.63) is 29.6 Å². The minimum absolute atomic E-state index is 0.855. The molecular formula is C11H19N3. The minimum atomic E-state index is 0.855. The van der Waals surface area contributed by atoms with Crippen molar-refractivity contribution in [2.75, 3.05) is 27.2 Å². The van der Waals surface area contributed by atoms with Gasteiger partial charge >= 0.3 is 0 Å². The second-order valence-electron chi connectivity index (χ2n) is 3.81. The van der Waals surface area contributed by atoms with Crippen molar-refractivity contribution in [2.45, 2.75) is 13.5 Å². The van der Waals surface area contributed by atoms with Gasteiger partial charge in [0.15, 0.2) is 0 Å². The lowest BCUT2D eigenvalue weighted by Crippen LogP contribution is -2.26. The lowest BCUT2D eigenvalue weighted by molar-refractivity contribution is 0.399. The minimum Gasteiger partial charge on any atom is -0.310 e. The van der Waals surface area contributed by atoms with Gasteiger partial charge in [-0.3, -0.25) is 4.98 Å². The zero-order valence-electron chi connectivity index (χ0n) is 9.25. The van der Waals surface area contributed by atoms with Crippen molar-refractivity contribution in [3.63, 3.8) is 0 Å². The molecule has 1 heterocycles. The van der Waals surface area contributed by atoms with Crippen molar-refractivity contribution in [2.24, 2.45) is 0 Å². The van der Waals surface area contributed by atoms with Gasteiger partial charge in [-0.25, -0.2) is 0 Å². The molecule has 1 N–H and O–H groups in total. The van der Waals surface area contributed by atoms with Gasteiger partial charge in [-0.05, 0) is 32.6 Å². The molecule has 3 heteroatoms. The van der Waals surface area contributed by atoms with Crippen molar-refractivity contribution in [1.82, 2.24) is 15.2 Å². The Labute approximate surface area is 86.2 Å². The predicted molar refractivity (Wildman–Crippen MR) is 59.2 cm³/mol. The largest absolute Gasteiger partial charge is 0.310 e. The number of aromatic nitrogens is 1. The van der Waals surface area contributed by atoms with Crippen LogP contribution in [0, 0.1) is 6.92 Å². The van der Waals surface area contributed by atoms with E-state index < -0.39 is 0 Å². The van der Waals surface area contributed by atoms with Crippen LogP contribution >= 0.6 is 0 Å². The number of pyridine rings is 1. The average molecular weight is 193 g/mol. The Morgan fingerprint density at radius 3 is 2.71 bits per heavy atom. The number of nitrogens with zero attached hydrogens (tertiary/aromatic N) is 2. The maximum atomic E-state index is 4.32. The zero-order chi connectivity index (χ0) is 10.4. The molecule has 1 rings (SSSR count). The second kappa shape index (κ2) is 5.73. The second-order valence-corrected chi connectivity index (χ2v) is 3.81. The molecule has 0 aliphatic rings. The van der Waals surface area contributed by atoms with Crippen molar-refractivity contribution >= 4 is 0 Å². The summed E-state index contributed by atoms with van der Waals surface area (Å²) in [5.74, 6) is 0. The lowest BCUT2D eigenvalue weighted by Gasteiger charge is -2.09. The van der Waals surface area contributed by atoms with Gasteiger partial charge in [0.25, 0.3) is 0 Å². The molecule has 0 aromatic carbocycles. The smallest absolute Gasteiger partial charge is 0.0541 e. The van der Waals surface area contributed by atoms with Crippen LogP contribution in [-0.4, -0.2) is 37.1 Å². The van der Waals surface area contributed by atoms with E-state index in [1.54, 1.807) is 0 Å². The summed E-state index contributed by atoms with van der Waals surface area (Å²) in [6, 6.07) is 4.16. The maximum Gasteiger partial charge on any atom is 0.0541 e. The Kier molecular flexibility index (Phi) is 4.56. The molecule has 1 aromatic rings. The van der Waals surface area contributed by atoms with E-state index in [4.69, 9.17) is 0 Å². The van der Waals surface area contributed by atoms with E-state index in [-0.39, 0.29) is 0 Å². The van der Waals surface area contributed by atoms with Gasteiger partial charge in [-0.1, -0.05) is 6.07 Å². The fourth-order valence-electron chi connectivity index (χ4n) is 1.12. The van der Waals surface area contributed by atoms with Crippen molar-refractivity contribution < 1.29 is 0 Å². The monoisotopic (exact) mass is 193 g/mol. The van der Waals surface area contributed by atoms with Gasteiger partial charge in [-0.2, -0.15) is 0 Å². The maximum absolute atomic E-state index is 4.32. The molecule has 0 amide bonds. The number of hydrogen-bond acceptors (Lipinski definition) is 3. The van der Waals surface area contributed by atoms with Gasteiger partial charge in [0.2, 0.25) is 0 Å². The van der Waals surface area contributed by atoms with Crippen molar-refractivity contribution in [1.29, 1.82) is 0 Å². The number of likely N-dealkylation sites (N-methyl/N-ethyl adjacent to an activating group) is 1. The van der Waals surface area contributed by atoms with Crippen LogP contribution in [0.1, 0.15) is 11.3 Å². The topological polar surface area (TPSA) is 28.2 Å². The Hall–Kier alpha value is -0.930. The number of nitrogens with one attached hydrogen (secondary N) is 1. The quantitative estimate of drug-likeness (QED) is 0.708. The van der Waals surface area contributed by atoms with Gasteiger partial charge in [-0.15, -0.1) is 0 Å². The first kappa shape index (κ1) is 11.1. The first-order valence-electron chi connectivity index (χ1n) is 4.95. The third kappa shape index (κ3) is 4.35. The summed E-state index contributed by atoms with van der Waals surface area (Å²) in [6.45, 7) is 4.97. The molecule has 0 bridgehead atoms. The van der Waals surface area contributed by atoms with Gasteiger partial charge in [0, 0.05) is 25.8 Å². The molecule has 0 spiro atoms. The number of rotatable bonds is 5. The van der Waals surface area contributed by atoms with Gasteiger partial charge in [0.05, 0.1) is 5.69 Å². The van der Waals surface area contributed by atoms with E-state index >= 15 is 0 Å². The highest BCUT2D eigenvalue weighted by molar-refractivity contribution is 5.11. The molecule has 0 fully saturated rings. The van der Waals surface area contributed by atoms with E-state index in [2.05, 4.69) is 48.4 Å². The molecule has 0 saturated heterocycles. The SMILES string of the molecule is Cc1ccc(CNCCN(C)C)nc1. The third-order valence-corrected chi connectivity index (χ3v) is 2.01. The van der Waals surface area contributed by atoms with Crippen LogP contribution in [-0.2, 0) is 6.54 Å². The Balaban J connectivity index is 2.21. The molecule has 3 nitrogen and oxygen atoms in total. The molecule has 0 aliphatic heterocycles. The Morgan fingerprint density at radius 1 is 1.36 bits per heavy atom. The molecule has 0 unspecified atom stereocenters. The summed E-state index contributed by atoms with van der Waals surface area (Å²) in [5, 5.41) is 3.35. The highest BCUT2D eigenvalue weighted by Crippen LogP contribution is 1.97. The first-order chi connectivity index (χ1) is 6.68. The van der Waals surface area contributed by atoms with Crippen molar-refractivity contribution in [3.8, 4) is 0 Å². The van der Waals surface area contributed by atoms with Crippen LogP contribution < -0.4 is 5.32 Å². The lowest BCUT2D eigenvalue weighted by atomic mass is 10.3. The average Bonchev–Trinajstić information content (AvgIpc) is 2.15. The van der Waals surface area contributed by atoms with Crippen LogP contribution in [0.3, 0.4) is 0 Å². The van der Waals surface area contributed by atoms with Crippen LogP contribution in [0.2, 0.25) is 0 Å². The van der Waals surface area contributed by atoms with Gasteiger partial charge < -0.3 is 10.2 Å². The molecule has 14 heavy (non-hydrogen) atoms. The molecule has 0 radical (unpaired) electrons. The summed E-state index contributed by atoms with van der Waals surface area (Å²) in [4.78, 5) is 6.48. The summed E-state index contributed by atoms with van der Waals surface area (Å²) in [6.07, 6.45) is 1.91. The van der Waals surface area contributed by atoms with Crippen LogP contribution in [0.4, 0.5) is 0 Å². The standard InChI is InChI=1S/C11H19N3/c1-10-4-5-11(13-8-10)9-12-6-7-14(2)3/h4-5,8,12H,6-7,9H2,1-3H3. The summed E-state index contributed by atoms with van der Waals surface area (Å²) in [7, 11) is 4.15. The molecule has 1 aromatic heterocycles. The number of hydrogen-bond donors (Lipinski definition) is 1. The molecule has 0 aliphatic carbocycles. The predicted octanol–water partition coefficient (Wildman–Crippen LogP) is 1.04. The fraction of sp³-hybridized carbons (Fsp3) is 0.545. The zero-order valence-corrected chi connectivity index (χ0v) is 9.25. The van der Waals surface area contributed by atoms with E-state index in [1.807, 2.05) is 6.20 Å². The highest BCUT2D eigenvalue weighted by Gasteiger charge is 1.94. The molecular weight excluding hydrogens is 174 g/mol. The first-order valence-corrected chi connectivity index (χ1v) is 4.95.